The van der Waals surface area contributed by atoms with Crippen molar-refractivity contribution in [1.82, 2.24) is 4.90 Å². The number of ketones is 1. The van der Waals surface area contributed by atoms with Crippen LogP contribution < -0.4 is 9.64 Å². The molecule has 2 heterocycles. The Morgan fingerprint density at radius 2 is 1.68 bits per heavy atom. The fraction of sp³-hybridized carbons (Fsp3) is 0.348. The number of carbonyl (C=O) groups excluding carboxylic acids is 3. The Balaban J connectivity index is 1.66. The topological polar surface area (TPSA) is 76.2 Å². The Hall–Kier alpha value is -2.90. The van der Waals surface area contributed by atoms with Crippen LogP contribution in [0.4, 0.5) is 5.69 Å². The second-order valence-electron chi connectivity index (χ2n) is 8.02. The van der Waals surface area contributed by atoms with Crippen molar-refractivity contribution in [1.29, 1.82) is 0 Å². The molecule has 0 N–H and O–H groups in total. The highest BCUT2D eigenvalue weighted by Crippen LogP contribution is 2.38. The maximum atomic E-state index is 13.1. The molecular formula is C23H23ClN2O5. The lowest BCUT2D eigenvalue weighted by molar-refractivity contribution is -0.132. The van der Waals surface area contributed by atoms with Crippen LogP contribution in [0.25, 0.3) is 0 Å². The molecular weight excluding hydrogens is 420 g/mol. The van der Waals surface area contributed by atoms with Gasteiger partial charge < -0.3 is 14.4 Å². The Morgan fingerprint density at radius 3 is 2.35 bits per heavy atom. The first-order valence-electron chi connectivity index (χ1n) is 10.1. The molecule has 0 atom stereocenters. The number of ether oxygens (including phenoxy) is 2. The lowest BCUT2D eigenvalue weighted by atomic mass is 10.0. The number of benzene rings is 2. The summed E-state index contributed by atoms with van der Waals surface area (Å²) in [6.45, 7) is 5.15. The van der Waals surface area contributed by atoms with E-state index in [0.717, 1.165) is 0 Å². The predicted octanol–water partition coefficient (Wildman–Crippen LogP) is 3.20. The second kappa shape index (κ2) is 8.32. The number of rotatable bonds is 4. The minimum Gasteiger partial charge on any atom is -0.476 e. The van der Waals surface area contributed by atoms with Gasteiger partial charge >= 0.3 is 0 Å². The molecule has 2 aliphatic heterocycles. The summed E-state index contributed by atoms with van der Waals surface area (Å²) in [7, 11) is 0. The van der Waals surface area contributed by atoms with Crippen LogP contribution in [0.5, 0.6) is 5.75 Å². The van der Waals surface area contributed by atoms with E-state index in [2.05, 4.69) is 0 Å². The molecule has 4 rings (SSSR count). The summed E-state index contributed by atoms with van der Waals surface area (Å²) in [4.78, 5) is 42.0. The van der Waals surface area contributed by atoms with Gasteiger partial charge in [0.2, 0.25) is 0 Å². The van der Waals surface area contributed by atoms with Crippen molar-refractivity contribution in [3.05, 3.63) is 58.6 Å². The highest BCUT2D eigenvalue weighted by molar-refractivity contribution is 6.30. The molecule has 1 saturated heterocycles. The van der Waals surface area contributed by atoms with E-state index in [9.17, 15) is 14.4 Å². The van der Waals surface area contributed by atoms with Crippen molar-refractivity contribution >= 4 is 34.9 Å². The van der Waals surface area contributed by atoms with Crippen LogP contribution in [0.1, 0.15) is 34.6 Å². The molecule has 0 saturated carbocycles. The van der Waals surface area contributed by atoms with Gasteiger partial charge in [0.25, 0.3) is 11.8 Å². The lowest BCUT2D eigenvalue weighted by Gasteiger charge is -2.38. The fourth-order valence-corrected chi connectivity index (χ4v) is 3.80. The van der Waals surface area contributed by atoms with Gasteiger partial charge in [0.05, 0.1) is 25.4 Å². The summed E-state index contributed by atoms with van der Waals surface area (Å²) in [5.41, 5.74) is 0.151. The lowest BCUT2D eigenvalue weighted by Crippen LogP contribution is -2.54. The quantitative estimate of drug-likeness (QED) is 0.679. The Labute approximate surface area is 185 Å². The first kappa shape index (κ1) is 21.3. The maximum Gasteiger partial charge on any atom is 0.271 e. The van der Waals surface area contributed by atoms with E-state index in [1.807, 2.05) is 0 Å². The molecule has 2 aromatic carbocycles. The van der Waals surface area contributed by atoms with Crippen molar-refractivity contribution in [2.24, 2.45) is 0 Å². The van der Waals surface area contributed by atoms with Crippen molar-refractivity contribution in [3.8, 4) is 5.75 Å². The summed E-state index contributed by atoms with van der Waals surface area (Å²) < 4.78 is 11.2. The zero-order valence-electron chi connectivity index (χ0n) is 17.4. The molecule has 1 fully saturated rings. The number of anilines is 1. The van der Waals surface area contributed by atoms with E-state index < -0.39 is 5.60 Å². The first-order valence-corrected chi connectivity index (χ1v) is 10.4. The van der Waals surface area contributed by atoms with Crippen LogP contribution in [0.15, 0.2) is 42.5 Å². The summed E-state index contributed by atoms with van der Waals surface area (Å²) >= 11 is 5.91. The van der Waals surface area contributed by atoms with Crippen LogP contribution in [-0.2, 0) is 9.53 Å². The molecule has 0 unspecified atom stereocenters. The smallest absolute Gasteiger partial charge is 0.271 e. The summed E-state index contributed by atoms with van der Waals surface area (Å²) in [5.74, 6) is -0.281. The summed E-state index contributed by atoms with van der Waals surface area (Å²) in [6, 6.07) is 11.5. The monoisotopic (exact) mass is 442 g/mol. The van der Waals surface area contributed by atoms with Crippen molar-refractivity contribution in [2.45, 2.75) is 19.4 Å². The number of Topliss-reactive ketones (excluding diaryl/α,β-unsaturated/α-hetero) is 1. The third kappa shape index (κ3) is 4.29. The molecule has 0 bridgehead atoms. The van der Waals surface area contributed by atoms with E-state index in [1.165, 1.54) is 4.90 Å². The van der Waals surface area contributed by atoms with E-state index in [1.54, 1.807) is 61.2 Å². The molecule has 0 aliphatic carbocycles. The van der Waals surface area contributed by atoms with Crippen LogP contribution in [-0.4, -0.2) is 60.9 Å². The van der Waals surface area contributed by atoms with Gasteiger partial charge in [0, 0.05) is 29.2 Å². The Morgan fingerprint density at radius 1 is 1.03 bits per heavy atom. The largest absolute Gasteiger partial charge is 0.476 e. The first-order chi connectivity index (χ1) is 14.8. The average molecular weight is 443 g/mol. The Bertz CT molecular complexity index is 1030. The number of hydrogen-bond acceptors (Lipinski definition) is 5. The molecule has 2 amide bonds. The van der Waals surface area contributed by atoms with Crippen LogP contribution in [0.2, 0.25) is 5.02 Å². The minimum absolute atomic E-state index is 0.146. The molecule has 162 valence electrons. The van der Waals surface area contributed by atoms with Gasteiger partial charge in [-0.1, -0.05) is 11.6 Å². The van der Waals surface area contributed by atoms with Gasteiger partial charge in [-0.3, -0.25) is 19.3 Å². The number of amides is 2. The number of nitrogens with zero attached hydrogens (tertiary/aromatic N) is 2. The number of fused-ring (bicyclic) bond motifs is 1. The van der Waals surface area contributed by atoms with Gasteiger partial charge in [-0.25, -0.2) is 0 Å². The highest BCUT2D eigenvalue weighted by atomic mass is 35.5. The predicted molar refractivity (Wildman–Crippen MR) is 116 cm³/mol. The van der Waals surface area contributed by atoms with E-state index in [4.69, 9.17) is 21.1 Å². The van der Waals surface area contributed by atoms with Gasteiger partial charge in [0.1, 0.15) is 5.75 Å². The van der Waals surface area contributed by atoms with E-state index >= 15 is 0 Å². The third-order valence-electron chi connectivity index (χ3n) is 5.39. The number of halogens is 1. The number of hydrogen-bond donors (Lipinski definition) is 0. The third-order valence-corrected chi connectivity index (χ3v) is 5.64. The van der Waals surface area contributed by atoms with Crippen LogP contribution in [0, 0.1) is 0 Å². The molecule has 2 aliphatic rings. The van der Waals surface area contributed by atoms with Gasteiger partial charge in [-0.2, -0.15) is 0 Å². The number of carbonyl (C=O) groups is 3. The SMILES string of the molecule is CC1(C)Oc2ccc(C(=O)N3CCOCC3)cc2N(CC(=O)c2ccc(Cl)cc2)C1=O. The van der Waals surface area contributed by atoms with Crippen LogP contribution in [0.3, 0.4) is 0 Å². The molecule has 8 heteroatoms. The summed E-state index contributed by atoms with van der Waals surface area (Å²) in [6.07, 6.45) is 0. The van der Waals surface area contributed by atoms with Gasteiger partial charge in [-0.05, 0) is 56.3 Å². The molecule has 0 aromatic heterocycles. The maximum absolute atomic E-state index is 13.1. The van der Waals surface area contributed by atoms with E-state index in [-0.39, 0.29) is 24.1 Å². The molecule has 31 heavy (non-hydrogen) atoms. The minimum atomic E-state index is -1.14. The van der Waals surface area contributed by atoms with E-state index in [0.29, 0.717) is 53.9 Å². The van der Waals surface area contributed by atoms with Crippen molar-refractivity contribution < 1.29 is 23.9 Å². The second-order valence-corrected chi connectivity index (χ2v) is 8.46. The summed E-state index contributed by atoms with van der Waals surface area (Å²) in [5, 5.41) is 0.525. The van der Waals surface area contributed by atoms with Crippen molar-refractivity contribution in [3.63, 3.8) is 0 Å². The zero-order valence-corrected chi connectivity index (χ0v) is 18.1. The van der Waals surface area contributed by atoms with Crippen molar-refractivity contribution in [2.75, 3.05) is 37.7 Å². The number of morpholine rings is 1. The Kier molecular flexibility index (Phi) is 5.73. The van der Waals surface area contributed by atoms with Gasteiger partial charge in [-0.15, -0.1) is 0 Å². The normalized spacial score (nSPS) is 17.7. The average Bonchev–Trinajstić information content (AvgIpc) is 2.77. The highest BCUT2D eigenvalue weighted by Gasteiger charge is 2.42. The molecule has 7 nitrogen and oxygen atoms in total. The standard InChI is InChI=1S/C23H23ClN2O5/c1-23(2)22(29)26(14-19(27)15-3-6-17(24)7-4-15)18-13-16(5-8-20(18)31-23)21(28)25-9-11-30-12-10-25/h3-8,13H,9-12,14H2,1-2H3. The van der Waals surface area contributed by atoms with Gasteiger partial charge in [0.15, 0.2) is 11.4 Å². The fourth-order valence-electron chi connectivity index (χ4n) is 3.68. The molecule has 0 radical (unpaired) electrons. The zero-order chi connectivity index (χ0) is 22.2. The molecule has 0 spiro atoms. The molecule has 2 aromatic rings. The van der Waals surface area contributed by atoms with Crippen LogP contribution >= 0.6 is 11.6 Å².